The highest BCUT2D eigenvalue weighted by Gasteiger charge is 1.90. The number of hydrogen-bond acceptors (Lipinski definition) is 0. The molecule has 0 amide bonds. The third-order valence-corrected chi connectivity index (χ3v) is 1.42. The molecule has 0 unspecified atom stereocenters. The zero-order chi connectivity index (χ0) is 4.99. The molecular weight excluding hydrogens is 208 g/mol. The molecule has 0 radical (unpaired) electrons. The summed E-state index contributed by atoms with van der Waals surface area (Å²) in [6.45, 7) is 2.16. The maximum atomic E-state index is 3.35. The van der Waals surface area contributed by atoms with Crippen LogP contribution in [-0.2, 0) is 0 Å². The molecule has 0 bridgehead atoms. The van der Waals surface area contributed by atoms with Gasteiger partial charge in [0.05, 0.1) is 3.74 Å². The molecule has 0 saturated carbocycles. The van der Waals surface area contributed by atoms with Gasteiger partial charge in [0.1, 0.15) is 0 Å². The van der Waals surface area contributed by atoms with Crippen LogP contribution >= 0.6 is 31.9 Å². The molecule has 0 aromatic carbocycles. The molecule has 0 N–H and O–H groups in total. The van der Waals surface area contributed by atoms with Crippen molar-refractivity contribution in [3.8, 4) is 0 Å². The molecule has 0 aromatic heterocycles. The van der Waals surface area contributed by atoms with Crippen molar-refractivity contribution in [3.63, 3.8) is 0 Å². The lowest BCUT2D eigenvalue weighted by Crippen LogP contribution is -1.78. The van der Waals surface area contributed by atoms with E-state index in [1.54, 1.807) is 0 Å². The van der Waals surface area contributed by atoms with Crippen LogP contribution in [-0.4, -0.2) is 3.74 Å². The zero-order valence-corrected chi connectivity index (χ0v) is 6.92. The van der Waals surface area contributed by atoms with Crippen LogP contribution in [0.25, 0.3) is 0 Å². The second kappa shape index (κ2) is 4.13. The van der Waals surface area contributed by atoms with Gasteiger partial charge in [-0.15, -0.1) is 0 Å². The molecule has 0 aliphatic rings. The van der Waals surface area contributed by atoms with E-state index in [4.69, 9.17) is 0 Å². The number of hydrogen-bond donors (Lipinski definition) is 0. The molecule has 0 rings (SSSR count). The Morgan fingerprint density at radius 2 is 2.00 bits per heavy atom. The zero-order valence-electron chi connectivity index (χ0n) is 3.75. The Morgan fingerprint density at radius 3 is 2.00 bits per heavy atom. The van der Waals surface area contributed by atoms with E-state index in [0.29, 0.717) is 3.74 Å². The van der Waals surface area contributed by atoms with Gasteiger partial charge in [-0.2, -0.15) is 0 Å². The molecule has 2 heteroatoms. The standard InChI is InChI=1S/C4H8Br2/c1-2-3-4(5)6/h4H,2-3H2,1H3. The van der Waals surface area contributed by atoms with Crippen LogP contribution in [0.2, 0.25) is 0 Å². The SMILES string of the molecule is CCCC(Br)Br. The normalized spacial score (nSPS) is 10.0. The molecule has 0 aliphatic heterocycles. The van der Waals surface area contributed by atoms with Crippen molar-refractivity contribution in [1.29, 1.82) is 0 Å². The molecule has 0 nitrogen and oxygen atoms in total. The third kappa shape index (κ3) is 4.96. The van der Waals surface area contributed by atoms with Gasteiger partial charge in [-0.05, 0) is 6.42 Å². The Balaban J connectivity index is 2.63. The van der Waals surface area contributed by atoms with Gasteiger partial charge < -0.3 is 0 Å². The van der Waals surface area contributed by atoms with Gasteiger partial charge >= 0.3 is 0 Å². The number of alkyl halides is 2. The minimum atomic E-state index is 0.523. The summed E-state index contributed by atoms with van der Waals surface area (Å²) in [6, 6.07) is 0. The summed E-state index contributed by atoms with van der Waals surface area (Å²) < 4.78 is 0.523. The second-order valence-corrected chi connectivity index (χ2v) is 4.62. The molecule has 0 heterocycles. The Labute approximate surface area is 55.6 Å². The fraction of sp³-hybridized carbons (Fsp3) is 1.00. The van der Waals surface area contributed by atoms with Crippen molar-refractivity contribution in [2.45, 2.75) is 23.5 Å². The molecule has 0 aromatic rings. The van der Waals surface area contributed by atoms with Gasteiger partial charge in [0.2, 0.25) is 0 Å². The Morgan fingerprint density at radius 1 is 1.50 bits per heavy atom. The van der Waals surface area contributed by atoms with Crippen LogP contribution in [0, 0.1) is 0 Å². The van der Waals surface area contributed by atoms with Crippen molar-refractivity contribution < 1.29 is 0 Å². The van der Waals surface area contributed by atoms with Gasteiger partial charge in [-0.25, -0.2) is 0 Å². The lowest BCUT2D eigenvalue weighted by molar-refractivity contribution is 0.883. The van der Waals surface area contributed by atoms with E-state index in [1.165, 1.54) is 12.8 Å². The van der Waals surface area contributed by atoms with Crippen LogP contribution in [0.5, 0.6) is 0 Å². The lowest BCUT2D eigenvalue weighted by atomic mass is 10.4. The largest absolute Gasteiger partial charge is 0.0765 e. The fourth-order valence-corrected chi connectivity index (χ4v) is 1.13. The predicted molar refractivity (Wildman–Crippen MR) is 36.6 cm³/mol. The average Bonchev–Trinajstić information content (AvgIpc) is 1.35. The van der Waals surface area contributed by atoms with Gasteiger partial charge in [-0.3, -0.25) is 0 Å². The highest BCUT2D eigenvalue weighted by atomic mass is 79.9. The summed E-state index contributed by atoms with van der Waals surface area (Å²) in [7, 11) is 0. The van der Waals surface area contributed by atoms with Crippen LogP contribution in [0.4, 0.5) is 0 Å². The van der Waals surface area contributed by atoms with Crippen molar-refractivity contribution in [2.24, 2.45) is 0 Å². The first kappa shape index (κ1) is 6.96. The highest BCUT2D eigenvalue weighted by molar-refractivity contribution is 9.24. The van der Waals surface area contributed by atoms with Gasteiger partial charge in [0, 0.05) is 0 Å². The van der Waals surface area contributed by atoms with Crippen molar-refractivity contribution >= 4 is 31.9 Å². The van der Waals surface area contributed by atoms with Crippen molar-refractivity contribution in [1.82, 2.24) is 0 Å². The highest BCUT2D eigenvalue weighted by Crippen LogP contribution is 2.13. The first-order valence-corrected chi connectivity index (χ1v) is 3.88. The van der Waals surface area contributed by atoms with Crippen LogP contribution in [0.3, 0.4) is 0 Å². The summed E-state index contributed by atoms with van der Waals surface area (Å²) in [5.74, 6) is 0. The average molecular weight is 216 g/mol. The van der Waals surface area contributed by atoms with E-state index in [9.17, 15) is 0 Å². The maximum absolute atomic E-state index is 3.35. The fourth-order valence-electron chi connectivity index (χ4n) is 0.218. The summed E-state index contributed by atoms with van der Waals surface area (Å²) in [4.78, 5) is 0. The van der Waals surface area contributed by atoms with Crippen molar-refractivity contribution in [2.75, 3.05) is 0 Å². The minimum Gasteiger partial charge on any atom is -0.0765 e. The smallest absolute Gasteiger partial charge is 0.0697 e. The van der Waals surface area contributed by atoms with Crippen LogP contribution in [0.1, 0.15) is 19.8 Å². The Kier molecular flexibility index (Phi) is 4.79. The van der Waals surface area contributed by atoms with E-state index < -0.39 is 0 Å². The topological polar surface area (TPSA) is 0 Å². The summed E-state index contributed by atoms with van der Waals surface area (Å²) in [6.07, 6.45) is 2.45. The van der Waals surface area contributed by atoms with E-state index in [2.05, 4.69) is 38.8 Å². The monoisotopic (exact) mass is 214 g/mol. The maximum Gasteiger partial charge on any atom is 0.0697 e. The van der Waals surface area contributed by atoms with E-state index in [-0.39, 0.29) is 0 Å². The Hall–Kier alpha value is 0.960. The van der Waals surface area contributed by atoms with Gasteiger partial charge in [0.25, 0.3) is 0 Å². The lowest BCUT2D eigenvalue weighted by Gasteiger charge is -1.91. The quantitative estimate of drug-likeness (QED) is 0.622. The van der Waals surface area contributed by atoms with Gasteiger partial charge in [-0.1, -0.05) is 45.2 Å². The molecule has 0 spiro atoms. The van der Waals surface area contributed by atoms with E-state index >= 15 is 0 Å². The van der Waals surface area contributed by atoms with Crippen molar-refractivity contribution in [3.05, 3.63) is 0 Å². The summed E-state index contributed by atoms with van der Waals surface area (Å²) in [5.41, 5.74) is 0. The minimum absolute atomic E-state index is 0.523. The van der Waals surface area contributed by atoms with E-state index in [0.717, 1.165) is 0 Å². The molecule has 6 heavy (non-hydrogen) atoms. The van der Waals surface area contributed by atoms with Crippen LogP contribution < -0.4 is 0 Å². The molecular formula is C4H8Br2. The molecule has 0 saturated heterocycles. The van der Waals surface area contributed by atoms with E-state index in [1.807, 2.05) is 0 Å². The molecule has 0 fully saturated rings. The number of rotatable bonds is 2. The molecule has 0 aliphatic carbocycles. The third-order valence-electron chi connectivity index (χ3n) is 0.507. The second-order valence-electron chi connectivity index (χ2n) is 1.18. The first-order valence-electron chi connectivity index (χ1n) is 2.05. The molecule has 38 valence electrons. The first-order chi connectivity index (χ1) is 2.77. The summed E-state index contributed by atoms with van der Waals surface area (Å²) >= 11 is 6.70. The van der Waals surface area contributed by atoms with Crippen LogP contribution in [0.15, 0.2) is 0 Å². The van der Waals surface area contributed by atoms with Gasteiger partial charge in [0.15, 0.2) is 0 Å². The number of halogens is 2. The summed E-state index contributed by atoms with van der Waals surface area (Å²) in [5, 5.41) is 0. The molecule has 0 atom stereocenters. The predicted octanol–water partition coefficient (Wildman–Crippen LogP) is 2.90. The Bertz CT molecular complexity index is 26.7.